The summed E-state index contributed by atoms with van der Waals surface area (Å²) in [4.78, 5) is 15.2. The molecule has 0 amide bonds. The first kappa shape index (κ1) is 12.4. The van der Waals surface area contributed by atoms with E-state index in [9.17, 15) is 13.2 Å². The monoisotopic (exact) mass is 238 g/mol. The molecule has 1 saturated heterocycles. The predicted molar refractivity (Wildman–Crippen MR) is 51.1 cm³/mol. The lowest BCUT2D eigenvalue weighted by Crippen LogP contribution is -2.40. The van der Waals surface area contributed by atoms with Crippen LogP contribution < -0.4 is 0 Å². The van der Waals surface area contributed by atoms with Crippen LogP contribution in [0.3, 0.4) is 0 Å². The molecule has 1 aliphatic heterocycles. The van der Waals surface area contributed by atoms with Gasteiger partial charge in [-0.05, 0) is 6.42 Å². The Morgan fingerprint density at radius 1 is 1.60 bits per heavy atom. The summed E-state index contributed by atoms with van der Waals surface area (Å²) in [6.07, 6.45) is 0.440. The molecule has 8 heteroatoms. The van der Waals surface area contributed by atoms with Crippen LogP contribution in [0.4, 0.5) is 0 Å². The van der Waals surface area contributed by atoms with Crippen molar-refractivity contribution in [3.05, 3.63) is 0 Å². The van der Waals surface area contributed by atoms with Crippen molar-refractivity contribution in [3.63, 3.8) is 0 Å². The van der Waals surface area contributed by atoms with Gasteiger partial charge in [-0.3, -0.25) is 9.63 Å². The third kappa shape index (κ3) is 3.13. The Labute approximate surface area is 88.4 Å². The van der Waals surface area contributed by atoms with Gasteiger partial charge in [-0.25, -0.2) is 0 Å². The molecule has 0 saturated carbocycles. The van der Waals surface area contributed by atoms with E-state index in [0.29, 0.717) is 19.6 Å². The lowest BCUT2D eigenvalue weighted by molar-refractivity contribution is -0.137. The van der Waals surface area contributed by atoms with Crippen LogP contribution in [0, 0.1) is 0 Å². The number of carboxylic acids is 1. The van der Waals surface area contributed by atoms with Crippen LogP contribution in [0.1, 0.15) is 12.8 Å². The summed E-state index contributed by atoms with van der Waals surface area (Å²) in [5.41, 5.74) is 0. The highest BCUT2D eigenvalue weighted by molar-refractivity contribution is 7.86. The first-order valence-corrected chi connectivity index (χ1v) is 5.93. The summed E-state index contributed by atoms with van der Waals surface area (Å²) in [5, 5.41) is 8.43. The third-order valence-corrected chi connectivity index (χ3v) is 3.79. The fourth-order valence-electron chi connectivity index (χ4n) is 1.13. The average Bonchev–Trinajstić information content (AvgIpc) is 2.66. The maximum atomic E-state index is 11.7. The molecule has 1 fully saturated rings. The average molecular weight is 238 g/mol. The van der Waals surface area contributed by atoms with Gasteiger partial charge >= 0.3 is 16.2 Å². The molecule has 1 N–H and O–H groups in total. The second-order valence-corrected chi connectivity index (χ2v) is 5.11. The van der Waals surface area contributed by atoms with E-state index in [-0.39, 0.29) is 13.0 Å². The van der Waals surface area contributed by atoms with Crippen LogP contribution in [-0.4, -0.2) is 55.0 Å². The molecule has 0 aromatic carbocycles. The van der Waals surface area contributed by atoms with Crippen LogP contribution >= 0.6 is 0 Å². The fourth-order valence-corrected chi connectivity index (χ4v) is 2.33. The highest BCUT2D eigenvalue weighted by Gasteiger charge is 2.30. The van der Waals surface area contributed by atoms with Crippen molar-refractivity contribution in [3.8, 4) is 0 Å². The lowest BCUT2D eigenvalue weighted by Gasteiger charge is -2.21. The zero-order valence-corrected chi connectivity index (χ0v) is 9.23. The van der Waals surface area contributed by atoms with Crippen LogP contribution in [0.25, 0.3) is 0 Å². The van der Waals surface area contributed by atoms with Crippen molar-refractivity contribution < 1.29 is 23.2 Å². The van der Waals surface area contributed by atoms with E-state index in [1.165, 1.54) is 7.05 Å². The number of rotatable bonds is 5. The maximum absolute atomic E-state index is 11.7. The van der Waals surface area contributed by atoms with Crippen LogP contribution in [0.2, 0.25) is 0 Å². The number of nitrogens with zero attached hydrogens (tertiary/aromatic N) is 2. The van der Waals surface area contributed by atoms with Gasteiger partial charge < -0.3 is 5.11 Å². The SMILES string of the molecule is CN(CCC(=O)O)S(=O)(=O)N1CCCO1. The summed E-state index contributed by atoms with van der Waals surface area (Å²) in [6.45, 7) is 0.642. The third-order valence-electron chi connectivity index (χ3n) is 2.01. The minimum atomic E-state index is -3.65. The van der Waals surface area contributed by atoms with Gasteiger partial charge in [0, 0.05) is 20.1 Å². The van der Waals surface area contributed by atoms with E-state index in [4.69, 9.17) is 9.94 Å². The number of hydrogen-bond acceptors (Lipinski definition) is 4. The van der Waals surface area contributed by atoms with E-state index in [0.717, 1.165) is 8.77 Å². The van der Waals surface area contributed by atoms with Crippen LogP contribution in [0.5, 0.6) is 0 Å². The van der Waals surface area contributed by atoms with Crippen molar-refractivity contribution >= 4 is 16.2 Å². The highest BCUT2D eigenvalue weighted by Crippen LogP contribution is 2.13. The molecule has 0 spiro atoms. The topological polar surface area (TPSA) is 87.2 Å². The molecule has 1 heterocycles. The van der Waals surface area contributed by atoms with E-state index in [1.807, 2.05) is 0 Å². The Morgan fingerprint density at radius 2 is 2.27 bits per heavy atom. The van der Waals surface area contributed by atoms with Crippen molar-refractivity contribution in [2.45, 2.75) is 12.8 Å². The van der Waals surface area contributed by atoms with Gasteiger partial charge in [-0.15, -0.1) is 0 Å². The second kappa shape index (κ2) is 4.88. The quantitative estimate of drug-likeness (QED) is 0.682. The summed E-state index contributed by atoms with van der Waals surface area (Å²) in [7, 11) is -2.32. The number of carbonyl (C=O) groups is 1. The zero-order chi connectivity index (χ0) is 11.5. The first-order valence-electron chi connectivity index (χ1n) is 4.53. The molecule has 15 heavy (non-hydrogen) atoms. The van der Waals surface area contributed by atoms with E-state index in [2.05, 4.69) is 0 Å². The Balaban J connectivity index is 2.56. The first-order chi connectivity index (χ1) is 6.94. The number of hydroxylamine groups is 1. The summed E-state index contributed by atoms with van der Waals surface area (Å²) in [5.74, 6) is -1.03. The standard InChI is InChI=1S/C7H14N2O5S/c1-8(5-3-7(10)11)15(12,13)9-4-2-6-14-9/h2-6H2,1H3,(H,10,11). The minimum absolute atomic E-state index is 0.0580. The molecule has 1 aliphatic rings. The zero-order valence-electron chi connectivity index (χ0n) is 8.42. The molecule has 0 aromatic rings. The second-order valence-electron chi connectivity index (χ2n) is 3.19. The van der Waals surface area contributed by atoms with Gasteiger partial charge in [0.15, 0.2) is 0 Å². The smallest absolute Gasteiger partial charge is 0.304 e. The van der Waals surface area contributed by atoms with Crippen molar-refractivity contribution in [1.29, 1.82) is 0 Å². The van der Waals surface area contributed by atoms with Crippen LogP contribution in [0.15, 0.2) is 0 Å². The number of aliphatic carboxylic acids is 1. The minimum Gasteiger partial charge on any atom is -0.481 e. The van der Waals surface area contributed by atoms with E-state index in [1.54, 1.807) is 0 Å². The van der Waals surface area contributed by atoms with Gasteiger partial charge in [0.1, 0.15) is 0 Å². The molecule has 0 radical (unpaired) electrons. The summed E-state index contributed by atoms with van der Waals surface area (Å²) >= 11 is 0. The Kier molecular flexibility index (Phi) is 4.03. The van der Waals surface area contributed by atoms with Gasteiger partial charge in [-0.1, -0.05) is 4.47 Å². The predicted octanol–water partition coefficient (Wildman–Crippen LogP) is -0.725. The van der Waals surface area contributed by atoms with Gasteiger partial charge in [0.25, 0.3) is 0 Å². The lowest BCUT2D eigenvalue weighted by atomic mass is 10.4. The molecule has 0 atom stereocenters. The van der Waals surface area contributed by atoms with E-state index < -0.39 is 16.2 Å². The summed E-state index contributed by atoms with van der Waals surface area (Å²) in [6, 6.07) is 0. The van der Waals surface area contributed by atoms with Gasteiger partial charge in [0.2, 0.25) is 0 Å². The summed E-state index contributed by atoms with van der Waals surface area (Å²) < 4.78 is 25.2. The van der Waals surface area contributed by atoms with Gasteiger partial charge in [0.05, 0.1) is 13.0 Å². The molecule has 0 aliphatic carbocycles. The maximum Gasteiger partial charge on any atom is 0.304 e. The molecule has 88 valence electrons. The van der Waals surface area contributed by atoms with Gasteiger partial charge in [-0.2, -0.15) is 12.7 Å². The fraction of sp³-hybridized carbons (Fsp3) is 0.857. The molecule has 0 aromatic heterocycles. The largest absolute Gasteiger partial charge is 0.481 e. The Morgan fingerprint density at radius 3 is 2.73 bits per heavy atom. The molecule has 1 rings (SSSR count). The van der Waals surface area contributed by atoms with Crippen molar-refractivity contribution in [2.24, 2.45) is 0 Å². The molecule has 0 bridgehead atoms. The van der Waals surface area contributed by atoms with Crippen molar-refractivity contribution in [1.82, 2.24) is 8.77 Å². The molecule has 7 nitrogen and oxygen atoms in total. The normalized spacial score (nSPS) is 18.5. The highest BCUT2D eigenvalue weighted by atomic mass is 32.2. The molecular formula is C7H14N2O5S. The molecular weight excluding hydrogens is 224 g/mol. The van der Waals surface area contributed by atoms with Crippen molar-refractivity contribution in [2.75, 3.05) is 26.7 Å². The molecule has 0 unspecified atom stereocenters. The Bertz CT molecular complexity index is 322. The Hall–Kier alpha value is -0.700. The number of carboxylic acid groups (broad SMARTS) is 1. The van der Waals surface area contributed by atoms with E-state index >= 15 is 0 Å². The number of hydrogen-bond donors (Lipinski definition) is 1. The van der Waals surface area contributed by atoms with Crippen LogP contribution in [-0.2, 0) is 19.8 Å².